The topological polar surface area (TPSA) is 86.8 Å². The Morgan fingerprint density at radius 2 is 2.00 bits per heavy atom. The number of hydrogen-bond donors (Lipinski definition) is 2. The summed E-state index contributed by atoms with van der Waals surface area (Å²) in [5.74, 6) is 4.92. The van der Waals surface area contributed by atoms with Crippen LogP contribution in [0.2, 0.25) is 0 Å². The first-order valence-corrected chi connectivity index (χ1v) is 1.99. The molecule has 46 valence electrons. The first-order chi connectivity index (χ1) is 2.77. The van der Waals surface area contributed by atoms with E-state index in [2.05, 4.69) is 0 Å². The van der Waals surface area contributed by atoms with Crippen LogP contribution >= 0.6 is 11.8 Å². The summed E-state index contributed by atoms with van der Waals surface area (Å²) in [6.07, 6.45) is 0. The first-order valence-electron chi connectivity index (χ1n) is 1.65. The molecule has 0 aliphatic heterocycles. The van der Waals surface area contributed by atoms with Crippen LogP contribution < -0.4 is 11.6 Å². The summed E-state index contributed by atoms with van der Waals surface area (Å²) < 4.78 is 1.03. The van der Waals surface area contributed by atoms with Crippen LogP contribution in [0.3, 0.4) is 0 Å². The largest absolute Gasteiger partial charge is 0.412 e. The molecule has 7 heavy (non-hydrogen) atoms. The highest BCUT2D eigenvalue weighted by Crippen LogP contribution is 1.75. The second-order valence-electron chi connectivity index (χ2n) is 0.912. The summed E-state index contributed by atoms with van der Waals surface area (Å²) >= 11 is 5.11. The number of hydrogen-bond acceptors (Lipinski definition) is 3. The van der Waals surface area contributed by atoms with Crippen LogP contribution in [0.4, 0.5) is 0 Å². The Kier molecular flexibility index (Phi) is 8.92. The summed E-state index contributed by atoms with van der Waals surface area (Å²) in [7, 11) is 0. The van der Waals surface area contributed by atoms with Gasteiger partial charge in [0, 0.05) is 13.1 Å². The second-order valence-corrected chi connectivity index (χ2v) is 1.35. The molecule has 0 saturated carbocycles. The van der Waals surface area contributed by atoms with E-state index in [1.807, 2.05) is 0 Å². The van der Waals surface area contributed by atoms with Gasteiger partial charge in [-0.25, -0.2) is 0 Å². The van der Waals surface area contributed by atoms with Crippen LogP contribution in [0.15, 0.2) is 0 Å². The van der Waals surface area contributed by atoms with Gasteiger partial charge >= 0.3 is 0 Å². The Labute approximate surface area is 47.4 Å². The van der Waals surface area contributed by atoms with Gasteiger partial charge in [-0.05, 0) is 11.8 Å². The molecule has 0 unspecified atom stereocenters. The van der Waals surface area contributed by atoms with Gasteiger partial charge in [0.1, 0.15) is 0 Å². The molecule has 6 N–H and O–H groups in total. The number of rotatable bonds is 2. The average Bonchev–Trinajstić information content (AvgIpc) is 1.35. The van der Waals surface area contributed by atoms with Crippen molar-refractivity contribution in [1.29, 1.82) is 0 Å². The van der Waals surface area contributed by atoms with Gasteiger partial charge < -0.3 is 11.2 Å². The van der Waals surface area contributed by atoms with Crippen molar-refractivity contribution in [1.82, 2.24) is 4.53 Å². The number of nitrogens with two attached hydrogens (primary N) is 2. The van der Waals surface area contributed by atoms with Gasteiger partial charge in [0.15, 0.2) is 0 Å². The van der Waals surface area contributed by atoms with E-state index in [1.165, 1.54) is 0 Å². The van der Waals surface area contributed by atoms with Gasteiger partial charge in [0.2, 0.25) is 0 Å². The van der Waals surface area contributed by atoms with Gasteiger partial charge in [0.05, 0.1) is 0 Å². The van der Waals surface area contributed by atoms with Crippen molar-refractivity contribution in [3.05, 3.63) is 0 Å². The maximum atomic E-state index is 5.11. The van der Waals surface area contributed by atoms with E-state index in [1.54, 1.807) is 0 Å². The molecule has 0 radical (unpaired) electrons. The molecule has 0 atom stereocenters. The van der Waals surface area contributed by atoms with Crippen molar-refractivity contribution < 1.29 is 5.48 Å². The van der Waals surface area contributed by atoms with Crippen LogP contribution in [0.5, 0.6) is 0 Å². The minimum absolute atomic E-state index is 0. The molecule has 5 heteroatoms. The minimum atomic E-state index is 0. The lowest BCUT2D eigenvalue weighted by Gasteiger charge is -1.99. The number of halogens is 1. The van der Waals surface area contributed by atoms with Gasteiger partial charge in [-0.1, -0.05) is 0 Å². The molecular formula is C2H10ClN3O. The molecule has 0 fully saturated rings. The Balaban J connectivity index is 0. The second kappa shape index (κ2) is 6.13. The van der Waals surface area contributed by atoms with Crippen molar-refractivity contribution in [2.45, 2.75) is 0 Å². The quantitative estimate of drug-likeness (QED) is 0.268. The Bertz CT molecular complexity index is 34.1. The summed E-state index contributed by atoms with van der Waals surface area (Å²) in [6.45, 7) is 1.03. The fourth-order valence-corrected chi connectivity index (χ4v) is 0.221. The standard InChI is InChI=1S/C2H8ClN3.H2O/c3-6(5)2-1-4;/h1-2,4-5H2;1H2. The highest BCUT2D eigenvalue weighted by molar-refractivity contribution is 6.12. The highest BCUT2D eigenvalue weighted by Gasteiger charge is 1.83. The summed E-state index contributed by atoms with van der Waals surface area (Å²) in [5, 5.41) is 0. The molecule has 0 aromatic rings. The molecule has 0 bridgehead atoms. The molecule has 0 saturated heterocycles. The van der Waals surface area contributed by atoms with E-state index in [0.717, 1.165) is 4.53 Å². The predicted molar refractivity (Wildman–Crippen MR) is 29.4 cm³/mol. The third-order valence-electron chi connectivity index (χ3n) is 0.343. The third-order valence-corrected chi connectivity index (χ3v) is 0.512. The molecule has 0 aliphatic carbocycles. The first kappa shape index (κ1) is 10.2. The zero-order valence-electron chi connectivity index (χ0n) is 3.89. The molecule has 4 nitrogen and oxygen atoms in total. The van der Waals surface area contributed by atoms with Crippen molar-refractivity contribution >= 4 is 11.8 Å². The summed E-state index contributed by atoms with van der Waals surface area (Å²) in [6, 6.07) is 0. The van der Waals surface area contributed by atoms with Gasteiger partial charge in [-0.2, -0.15) is 4.53 Å². The van der Waals surface area contributed by atoms with Crippen LogP contribution in [0.1, 0.15) is 0 Å². The van der Waals surface area contributed by atoms with E-state index >= 15 is 0 Å². The van der Waals surface area contributed by atoms with Crippen molar-refractivity contribution in [2.75, 3.05) is 13.1 Å². The van der Waals surface area contributed by atoms with Crippen LogP contribution in [-0.2, 0) is 0 Å². The summed E-state index contributed by atoms with van der Waals surface area (Å²) in [4.78, 5) is 0. The monoisotopic (exact) mass is 127 g/mol. The molecular weight excluding hydrogens is 117 g/mol. The van der Waals surface area contributed by atoms with E-state index in [4.69, 9.17) is 23.4 Å². The number of nitrogens with zero attached hydrogens (tertiary/aromatic N) is 1. The van der Waals surface area contributed by atoms with Crippen molar-refractivity contribution in [3.63, 3.8) is 0 Å². The normalized spacial score (nSPS) is 8.57. The van der Waals surface area contributed by atoms with E-state index in [0.29, 0.717) is 13.1 Å². The van der Waals surface area contributed by atoms with Crippen LogP contribution in [0, 0.1) is 0 Å². The lowest BCUT2D eigenvalue weighted by Crippen LogP contribution is -2.26. The highest BCUT2D eigenvalue weighted by atomic mass is 35.5. The molecule has 0 aromatic carbocycles. The lowest BCUT2D eigenvalue weighted by atomic mass is 10.7. The molecule has 0 aliphatic rings. The van der Waals surface area contributed by atoms with E-state index in [9.17, 15) is 0 Å². The SMILES string of the molecule is NCCN(N)Cl.O. The van der Waals surface area contributed by atoms with E-state index < -0.39 is 0 Å². The molecule has 0 amide bonds. The lowest BCUT2D eigenvalue weighted by molar-refractivity contribution is 0.491. The molecule has 0 rings (SSSR count). The van der Waals surface area contributed by atoms with Crippen molar-refractivity contribution in [3.8, 4) is 0 Å². The maximum Gasteiger partial charge on any atom is 0.0416 e. The van der Waals surface area contributed by atoms with Crippen molar-refractivity contribution in [2.24, 2.45) is 11.6 Å². The zero-order chi connectivity index (χ0) is 4.99. The third kappa shape index (κ3) is 10.7. The average molecular weight is 128 g/mol. The summed E-state index contributed by atoms with van der Waals surface area (Å²) in [5.41, 5.74) is 5.02. The predicted octanol–water partition coefficient (Wildman–Crippen LogP) is -1.55. The Hall–Kier alpha value is 0.130. The van der Waals surface area contributed by atoms with Crippen LogP contribution in [0.25, 0.3) is 0 Å². The van der Waals surface area contributed by atoms with Gasteiger partial charge in [0.25, 0.3) is 0 Å². The van der Waals surface area contributed by atoms with Gasteiger partial charge in [-0.15, -0.1) is 0 Å². The Morgan fingerprint density at radius 3 is 2.00 bits per heavy atom. The molecule has 0 aromatic heterocycles. The van der Waals surface area contributed by atoms with Crippen LogP contribution in [-0.4, -0.2) is 23.1 Å². The zero-order valence-corrected chi connectivity index (χ0v) is 4.65. The maximum absolute atomic E-state index is 5.11. The number of hydrazine groups is 1. The molecule has 0 heterocycles. The Morgan fingerprint density at radius 1 is 1.57 bits per heavy atom. The smallest absolute Gasteiger partial charge is 0.0416 e. The molecule has 0 spiro atoms. The minimum Gasteiger partial charge on any atom is -0.412 e. The fourth-order valence-electron chi connectivity index (χ4n) is 0.123. The van der Waals surface area contributed by atoms with Gasteiger partial charge in [-0.3, -0.25) is 5.84 Å². The fraction of sp³-hybridized carbons (Fsp3) is 1.00. The van der Waals surface area contributed by atoms with E-state index in [-0.39, 0.29) is 5.48 Å².